The number of carboxylic acid groups (broad SMARTS) is 1. The first-order valence-electron chi connectivity index (χ1n) is 12.6. The average molecular weight is 503 g/mol. The molecule has 7 atom stereocenters. The summed E-state index contributed by atoms with van der Waals surface area (Å²) in [4.78, 5) is 51.4. The molecule has 36 heavy (non-hydrogen) atoms. The molecule has 0 aromatic heterocycles. The summed E-state index contributed by atoms with van der Waals surface area (Å²) in [5.41, 5.74) is 1.02. The van der Waals surface area contributed by atoms with Gasteiger partial charge in [-0.2, -0.15) is 0 Å². The largest absolute Gasteiger partial charge is 0.509 e. The maximum Gasteiger partial charge on any atom is 0.509 e. The van der Waals surface area contributed by atoms with E-state index in [1.54, 1.807) is 18.7 Å². The van der Waals surface area contributed by atoms with Crippen LogP contribution in [0.15, 0.2) is 30.3 Å². The standard InChI is InChI=1S/C26H34N2O8/c1-15(27-19(24(30)31)12-11-17-7-4-3-5-8-17)23(29)28-20-10-6-9-18(20)13-21(28)25(32)34-14-22-16(2)35-26(33)36-22/h3-5,7-8,15-16,18-22,27H,6,9-14H2,1-2H3,(H,30,31)/t15-,16-,18?,19-,20-,21-,22?/m0/s1. The Morgan fingerprint density at radius 3 is 2.61 bits per heavy atom. The van der Waals surface area contributed by atoms with E-state index in [0.717, 1.165) is 24.8 Å². The van der Waals surface area contributed by atoms with E-state index in [2.05, 4.69) is 5.32 Å². The Morgan fingerprint density at radius 2 is 1.94 bits per heavy atom. The van der Waals surface area contributed by atoms with E-state index in [0.29, 0.717) is 19.3 Å². The number of carbonyl (C=O) groups is 4. The second-order valence-electron chi connectivity index (χ2n) is 9.92. The number of hydrogen-bond acceptors (Lipinski definition) is 8. The Balaban J connectivity index is 1.39. The quantitative estimate of drug-likeness (QED) is 0.463. The lowest BCUT2D eigenvalue weighted by atomic mass is 10.0. The fourth-order valence-electron chi connectivity index (χ4n) is 5.55. The first-order valence-corrected chi connectivity index (χ1v) is 12.6. The molecule has 1 saturated carbocycles. The number of benzene rings is 1. The van der Waals surface area contributed by atoms with Crippen LogP contribution in [0.2, 0.25) is 0 Å². The van der Waals surface area contributed by atoms with Crippen molar-refractivity contribution >= 4 is 24.0 Å². The number of ether oxygens (including phenoxy) is 3. The van der Waals surface area contributed by atoms with Gasteiger partial charge < -0.3 is 24.2 Å². The third-order valence-electron chi connectivity index (χ3n) is 7.49. The first kappa shape index (κ1) is 25.9. The lowest BCUT2D eigenvalue weighted by Gasteiger charge is -2.32. The normalized spacial score (nSPS) is 28.7. The number of aliphatic carboxylic acids is 1. The lowest BCUT2D eigenvalue weighted by Crippen LogP contribution is -2.55. The van der Waals surface area contributed by atoms with Crippen molar-refractivity contribution in [3.8, 4) is 0 Å². The van der Waals surface area contributed by atoms with Gasteiger partial charge in [-0.3, -0.25) is 14.9 Å². The number of esters is 1. The van der Waals surface area contributed by atoms with E-state index in [9.17, 15) is 24.3 Å². The Kier molecular flexibility index (Phi) is 8.13. The Bertz CT molecular complexity index is 970. The van der Waals surface area contributed by atoms with Crippen LogP contribution in [-0.4, -0.2) is 77.0 Å². The van der Waals surface area contributed by atoms with Gasteiger partial charge >= 0.3 is 18.1 Å². The molecule has 1 aliphatic carbocycles. The van der Waals surface area contributed by atoms with Gasteiger partial charge in [0.05, 0.1) is 6.04 Å². The molecule has 10 nitrogen and oxygen atoms in total. The van der Waals surface area contributed by atoms with E-state index < -0.39 is 48.4 Å². The fraction of sp³-hybridized carbons (Fsp3) is 0.615. The average Bonchev–Trinajstić information content (AvgIpc) is 3.54. The summed E-state index contributed by atoms with van der Waals surface area (Å²) in [7, 11) is 0. The number of fused-ring (bicyclic) bond motifs is 1. The molecule has 2 heterocycles. The number of amides is 1. The van der Waals surface area contributed by atoms with Crippen molar-refractivity contribution in [3.05, 3.63) is 35.9 Å². The summed E-state index contributed by atoms with van der Waals surface area (Å²) in [6.07, 6.45) is 2.09. The topological polar surface area (TPSA) is 131 Å². The van der Waals surface area contributed by atoms with Crippen molar-refractivity contribution in [3.63, 3.8) is 0 Å². The summed E-state index contributed by atoms with van der Waals surface area (Å²) in [5.74, 6) is -1.66. The van der Waals surface area contributed by atoms with Crippen molar-refractivity contribution in [2.45, 2.75) is 88.7 Å². The summed E-state index contributed by atoms with van der Waals surface area (Å²) < 4.78 is 15.4. The predicted octanol–water partition coefficient (Wildman–Crippen LogP) is 2.29. The molecule has 2 aliphatic heterocycles. The van der Waals surface area contributed by atoms with Gasteiger partial charge in [-0.1, -0.05) is 36.8 Å². The van der Waals surface area contributed by atoms with Gasteiger partial charge in [0.2, 0.25) is 5.91 Å². The number of likely N-dealkylation sites (tertiary alicyclic amines) is 1. The van der Waals surface area contributed by atoms with Crippen LogP contribution in [-0.2, 0) is 35.0 Å². The number of nitrogens with zero attached hydrogens (tertiary/aromatic N) is 1. The van der Waals surface area contributed by atoms with Crippen LogP contribution in [0.5, 0.6) is 0 Å². The number of hydrogen-bond donors (Lipinski definition) is 2. The van der Waals surface area contributed by atoms with Gasteiger partial charge in [0, 0.05) is 6.04 Å². The second-order valence-corrected chi connectivity index (χ2v) is 9.92. The minimum Gasteiger partial charge on any atom is -0.480 e. The Morgan fingerprint density at radius 1 is 1.19 bits per heavy atom. The number of nitrogens with one attached hydrogen (secondary N) is 1. The molecule has 1 aromatic carbocycles. The molecule has 1 aromatic rings. The van der Waals surface area contributed by atoms with Gasteiger partial charge in [0.25, 0.3) is 0 Å². The SMILES string of the molecule is C[C@H](N[C@@H](CCc1ccccc1)C(=O)O)C(=O)N1[C@H](C(=O)OCC2OC(=O)O[C@H]2C)CC2CCC[C@@H]21. The minimum atomic E-state index is -1.02. The number of aryl methyl sites for hydroxylation is 1. The first-order chi connectivity index (χ1) is 17.2. The maximum absolute atomic E-state index is 13.6. The third-order valence-corrected chi connectivity index (χ3v) is 7.49. The zero-order valence-corrected chi connectivity index (χ0v) is 20.6. The number of rotatable bonds is 10. The summed E-state index contributed by atoms with van der Waals surface area (Å²) in [6.45, 7) is 3.15. The highest BCUT2D eigenvalue weighted by Crippen LogP contribution is 2.42. The van der Waals surface area contributed by atoms with Crippen LogP contribution in [0.4, 0.5) is 4.79 Å². The molecule has 2 saturated heterocycles. The molecule has 196 valence electrons. The van der Waals surface area contributed by atoms with E-state index in [4.69, 9.17) is 14.2 Å². The number of carboxylic acids is 1. The summed E-state index contributed by atoms with van der Waals surface area (Å²) in [5, 5.41) is 12.7. The van der Waals surface area contributed by atoms with Crippen LogP contribution >= 0.6 is 0 Å². The smallest absolute Gasteiger partial charge is 0.480 e. The van der Waals surface area contributed by atoms with E-state index >= 15 is 0 Å². The molecule has 10 heteroatoms. The van der Waals surface area contributed by atoms with Gasteiger partial charge in [-0.25, -0.2) is 9.59 Å². The predicted molar refractivity (Wildman–Crippen MR) is 127 cm³/mol. The van der Waals surface area contributed by atoms with Crippen LogP contribution in [0.1, 0.15) is 51.5 Å². The zero-order chi connectivity index (χ0) is 25.8. The highest BCUT2D eigenvalue weighted by atomic mass is 16.8. The van der Waals surface area contributed by atoms with Gasteiger partial charge in [-0.15, -0.1) is 0 Å². The molecular formula is C26H34N2O8. The highest BCUT2D eigenvalue weighted by molar-refractivity contribution is 5.89. The van der Waals surface area contributed by atoms with Crippen molar-refractivity contribution < 1.29 is 38.5 Å². The monoisotopic (exact) mass is 502 g/mol. The number of cyclic esters (lactones) is 2. The minimum absolute atomic E-state index is 0.0709. The number of carbonyl (C=O) groups excluding carboxylic acids is 3. The van der Waals surface area contributed by atoms with Crippen LogP contribution < -0.4 is 5.32 Å². The molecule has 0 spiro atoms. The van der Waals surface area contributed by atoms with Gasteiger partial charge in [0.1, 0.15) is 24.8 Å². The Hall–Kier alpha value is -3.14. The molecule has 0 bridgehead atoms. The molecule has 2 N–H and O–H groups in total. The van der Waals surface area contributed by atoms with Crippen LogP contribution in [0.25, 0.3) is 0 Å². The summed E-state index contributed by atoms with van der Waals surface area (Å²) >= 11 is 0. The van der Waals surface area contributed by atoms with Crippen molar-refractivity contribution in [1.29, 1.82) is 0 Å². The molecule has 3 fully saturated rings. The van der Waals surface area contributed by atoms with E-state index in [-0.39, 0.29) is 24.5 Å². The second kappa shape index (κ2) is 11.3. The van der Waals surface area contributed by atoms with Crippen molar-refractivity contribution in [1.82, 2.24) is 10.2 Å². The van der Waals surface area contributed by atoms with E-state index in [1.807, 2.05) is 30.3 Å². The molecule has 2 unspecified atom stereocenters. The van der Waals surface area contributed by atoms with E-state index in [1.165, 1.54) is 0 Å². The lowest BCUT2D eigenvalue weighted by molar-refractivity contribution is -0.157. The fourth-order valence-corrected chi connectivity index (χ4v) is 5.55. The summed E-state index contributed by atoms with van der Waals surface area (Å²) in [6, 6.07) is 7.06. The van der Waals surface area contributed by atoms with Gasteiger partial charge in [-0.05, 0) is 57.4 Å². The molecule has 3 aliphatic rings. The molecule has 4 rings (SSSR count). The Labute approximate surface area is 210 Å². The molecular weight excluding hydrogens is 468 g/mol. The zero-order valence-electron chi connectivity index (χ0n) is 20.6. The van der Waals surface area contributed by atoms with Crippen LogP contribution in [0.3, 0.4) is 0 Å². The van der Waals surface area contributed by atoms with Crippen molar-refractivity contribution in [2.24, 2.45) is 5.92 Å². The third kappa shape index (κ3) is 5.80. The van der Waals surface area contributed by atoms with Gasteiger partial charge in [0.15, 0.2) is 6.10 Å². The van der Waals surface area contributed by atoms with Crippen molar-refractivity contribution in [2.75, 3.05) is 6.61 Å². The molecule has 1 amide bonds. The molecule has 0 radical (unpaired) electrons. The maximum atomic E-state index is 13.6. The van der Waals surface area contributed by atoms with Crippen LogP contribution in [0, 0.1) is 5.92 Å². The highest BCUT2D eigenvalue weighted by Gasteiger charge is 2.50.